The molecule has 0 radical (unpaired) electrons. The Labute approximate surface area is 80.5 Å². The number of carbonyl (C=O) groups excluding carboxylic acids is 1. The van der Waals surface area contributed by atoms with Crippen LogP contribution in [0.25, 0.3) is 0 Å². The first-order chi connectivity index (χ1) is 5.57. The minimum Gasteiger partial charge on any atom is -0.298 e. The first-order valence-electron chi connectivity index (χ1n) is 2.86. The first kappa shape index (κ1) is 9.61. The van der Waals surface area contributed by atoms with E-state index in [1.54, 1.807) is 0 Å². The molecular formula is C7H2BrClF2O. The lowest BCUT2D eigenvalue weighted by Crippen LogP contribution is -1.93. The van der Waals surface area contributed by atoms with Crippen LogP contribution in [0.1, 0.15) is 10.4 Å². The number of halogens is 4. The molecule has 0 aliphatic rings. The average molecular weight is 255 g/mol. The summed E-state index contributed by atoms with van der Waals surface area (Å²) >= 11 is 8.07. The van der Waals surface area contributed by atoms with Crippen LogP contribution in [0.3, 0.4) is 0 Å². The highest BCUT2D eigenvalue weighted by molar-refractivity contribution is 9.10. The van der Waals surface area contributed by atoms with Crippen LogP contribution in [0.2, 0.25) is 5.02 Å². The number of hydrogen-bond donors (Lipinski definition) is 0. The van der Waals surface area contributed by atoms with Gasteiger partial charge in [0, 0.05) is 0 Å². The van der Waals surface area contributed by atoms with Crippen molar-refractivity contribution in [1.29, 1.82) is 0 Å². The van der Waals surface area contributed by atoms with E-state index >= 15 is 0 Å². The van der Waals surface area contributed by atoms with Gasteiger partial charge in [-0.2, -0.15) is 0 Å². The first-order valence-corrected chi connectivity index (χ1v) is 4.03. The fourth-order valence-electron chi connectivity index (χ4n) is 0.688. The van der Waals surface area contributed by atoms with Crippen molar-refractivity contribution in [3.05, 3.63) is 32.8 Å². The van der Waals surface area contributed by atoms with E-state index in [2.05, 4.69) is 15.9 Å². The van der Waals surface area contributed by atoms with Crippen LogP contribution in [0, 0.1) is 11.6 Å². The highest BCUT2D eigenvalue weighted by atomic mass is 79.9. The molecule has 0 aromatic heterocycles. The third-order valence-electron chi connectivity index (χ3n) is 1.27. The summed E-state index contributed by atoms with van der Waals surface area (Å²) in [6, 6.07) is 0.852. The molecule has 1 aromatic carbocycles. The Kier molecular flexibility index (Phi) is 2.80. The molecule has 0 aliphatic carbocycles. The highest BCUT2D eigenvalue weighted by Crippen LogP contribution is 2.27. The normalized spacial score (nSPS) is 10.0. The quantitative estimate of drug-likeness (QED) is 0.428. The van der Waals surface area contributed by atoms with Gasteiger partial charge in [-0.25, -0.2) is 8.78 Å². The van der Waals surface area contributed by atoms with E-state index in [4.69, 9.17) is 11.6 Å². The van der Waals surface area contributed by atoms with E-state index < -0.39 is 22.2 Å². The fraction of sp³-hybridized carbons (Fsp3) is 0. The predicted octanol–water partition coefficient (Wildman–Crippen LogP) is 3.19. The zero-order valence-electron chi connectivity index (χ0n) is 5.57. The van der Waals surface area contributed by atoms with Crippen LogP contribution >= 0.6 is 27.5 Å². The lowest BCUT2D eigenvalue weighted by Gasteiger charge is -2.01. The summed E-state index contributed by atoms with van der Waals surface area (Å²) < 4.78 is 25.5. The maximum absolute atomic E-state index is 12.9. The predicted molar refractivity (Wildman–Crippen MR) is 44.5 cm³/mol. The van der Waals surface area contributed by atoms with Gasteiger partial charge in [-0.1, -0.05) is 11.6 Å². The number of benzene rings is 1. The van der Waals surface area contributed by atoms with Crippen molar-refractivity contribution in [1.82, 2.24) is 0 Å². The lowest BCUT2D eigenvalue weighted by molar-refractivity contribution is 0.111. The van der Waals surface area contributed by atoms with Gasteiger partial charge in [0.15, 0.2) is 12.1 Å². The molecule has 1 nitrogen and oxygen atoms in total. The fourth-order valence-corrected chi connectivity index (χ4v) is 1.44. The third-order valence-corrected chi connectivity index (χ3v) is 2.21. The molecule has 64 valence electrons. The number of rotatable bonds is 1. The molecular weight excluding hydrogens is 253 g/mol. The van der Waals surface area contributed by atoms with Gasteiger partial charge in [0.2, 0.25) is 0 Å². The summed E-state index contributed by atoms with van der Waals surface area (Å²) in [6.45, 7) is 0. The molecule has 0 fully saturated rings. The molecule has 1 aromatic rings. The standard InChI is InChI=1S/C7H2BrClF2O/c8-4-1-5(10)3(2-12)6(9)7(4)11/h1-2H. The van der Waals surface area contributed by atoms with Crippen molar-refractivity contribution >= 4 is 33.8 Å². The molecule has 0 bridgehead atoms. The largest absolute Gasteiger partial charge is 0.298 e. The van der Waals surface area contributed by atoms with Crippen LogP contribution in [-0.2, 0) is 0 Å². The molecule has 1 rings (SSSR count). The monoisotopic (exact) mass is 254 g/mol. The topological polar surface area (TPSA) is 17.1 Å². The van der Waals surface area contributed by atoms with Gasteiger partial charge in [-0.05, 0) is 22.0 Å². The van der Waals surface area contributed by atoms with Crippen LogP contribution in [0.5, 0.6) is 0 Å². The summed E-state index contributed by atoms with van der Waals surface area (Å²) in [5.74, 6) is -1.68. The molecule has 0 N–H and O–H groups in total. The molecule has 0 spiro atoms. The molecule has 0 aliphatic heterocycles. The van der Waals surface area contributed by atoms with Crippen molar-refractivity contribution in [2.45, 2.75) is 0 Å². The summed E-state index contributed by atoms with van der Waals surface area (Å²) in [5, 5.41) is -0.503. The van der Waals surface area contributed by atoms with Crippen molar-refractivity contribution in [2.75, 3.05) is 0 Å². The summed E-state index contributed by atoms with van der Waals surface area (Å²) in [7, 11) is 0. The van der Waals surface area contributed by atoms with Crippen molar-refractivity contribution < 1.29 is 13.6 Å². The van der Waals surface area contributed by atoms with E-state index in [9.17, 15) is 13.6 Å². The second-order valence-electron chi connectivity index (χ2n) is 2.00. The Balaban J connectivity index is 3.51. The maximum Gasteiger partial charge on any atom is 0.156 e. The van der Waals surface area contributed by atoms with Gasteiger partial charge in [0.05, 0.1) is 15.1 Å². The molecule has 0 amide bonds. The highest BCUT2D eigenvalue weighted by Gasteiger charge is 2.14. The van der Waals surface area contributed by atoms with Crippen molar-refractivity contribution in [3.8, 4) is 0 Å². The van der Waals surface area contributed by atoms with Crippen LogP contribution in [-0.4, -0.2) is 6.29 Å². The maximum atomic E-state index is 12.9. The Morgan fingerprint density at radius 3 is 2.58 bits per heavy atom. The lowest BCUT2D eigenvalue weighted by atomic mass is 10.2. The smallest absolute Gasteiger partial charge is 0.156 e. The zero-order valence-corrected chi connectivity index (χ0v) is 7.92. The molecule has 0 saturated heterocycles. The van der Waals surface area contributed by atoms with Gasteiger partial charge in [-0.15, -0.1) is 0 Å². The number of hydrogen-bond acceptors (Lipinski definition) is 1. The zero-order chi connectivity index (χ0) is 9.30. The van der Waals surface area contributed by atoms with Crippen LogP contribution < -0.4 is 0 Å². The van der Waals surface area contributed by atoms with E-state index in [0.29, 0.717) is 0 Å². The number of aldehydes is 1. The molecule has 0 heterocycles. The van der Waals surface area contributed by atoms with Crippen molar-refractivity contribution in [2.24, 2.45) is 0 Å². The number of carbonyl (C=O) groups is 1. The second-order valence-corrected chi connectivity index (χ2v) is 3.23. The molecule has 12 heavy (non-hydrogen) atoms. The van der Waals surface area contributed by atoms with Gasteiger partial charge in [0.1, 0.15) is 5.82 Å². The Hall–Kier alpha value is -0.480. The molecule has 0 saturated carbocycles. The van der Waals surface area contributed by atoms with Gasteiger partial charge >= 0.3 is 0 Å². The van der Waals surface area contributed by atoms with Crippen molar-refractivity contribution in [3.63, 3.8) is 0 Å². The Morgan fingerprint density at radius 2 is 2.08 bits per heavy atom. The second kappa shape index (κ2) is 3.49. The Bertz CT molecular complexity index is 341. The molecule has 0 atom stereocenters. The minimum absolute atomic E-state index is 0.101. The van der Waals surface area contributed by atoms with Gasteiger partial charge < -0.3 is 0 Å². The van der Waals surface area contributed by atoms with Gasteiger partial charge in [0.25, 0.3) is 0 Å². The summed E-state index contributed by atoms with van der Waals surface area (Å²) in [5.41, 5.74) is -0.461. The van der Waals surface area contributed by atoms with E-state index in [-0.39, 0.29) is 10.8 Å². The summed E-state index contributed by atoms with van der Waals surface area (Å²) in [6.07, 6.45) is 0.174. The van der Waals surface area contributed by atoms with Crippen LogP contribution in [0.4, 0.5) is 8.78 Å². The third kappa shape index (κ3) is 1.49. The molecule has 5 heteroatoms. The summed E-state index contributed by atoms with van der Waals surface area (Å²) in [4.78, 5) is 10.2. The Morgan fingerprint density at radius 1 is 1.50 bits per heavy atom. The minimum atomic E-state index is -0.844. The van der Waals surface area contributed by atoms with E-state index in [0.717, 1.165) is 6.07 Å². The van der Waals surface area contributed by atoms with Crippen LogP contribution in [0.15, 0.2) is 10.5 Å². The van der Waals surface area contributed by atoms with Gasteiger partial charge in [-0.3, -0.25) is 4.79 Å². The van der Waals surface area contributed by atoms with E-state index in [1.165, 1.54) is 0 Å². The molecule has 0 unspecified atom stereocenters. The average Bonchev–Trinajstić information content (AvgIpc) is 2.01. The van der Waals surface area contributed by atoms with E-state index in [1.807, 2.05) is 0 Å². The SMILES string of the molecule is O=Cc1c(F)cc(Br)c(F)c1Cl.